The summed E-state index contributed by atoms with van der Waals surface area (Å²) >= 11 is 0. The van der Waals surface area contributed by atoms with Crippen LogP contribution in [0.4, 0.5) is 0 Å². The molecule has 86 valence electrons. The molecule has 1 aliphatic heterocycles. The van der Waals surface area contributed by atoms with E-state index in [0.717, 1.165) is 0 Å². The van der Waals surface area contributed by atoms with Gasteiger partial charge in [-0.2, -0.15) is 0 Å². The minimum absolute atomic E-state index is 0.138. The van der Waals surface area contributed by atoms with E-state index in [1.54, 1.807) is 0 Å². The molecule has 3 N–H and O–H groups in total. The summed E-state index contributed by atoms with van der Waals surface area (Å²) in [6.07, 6.45) is -5.95. The standard InChI is InChI=1S/C7H13N3O5/c1-14-7-6(13)5(12)4(11)3(15-7)2-9-10-8/h3-7,11-13H,2H2,1H3/t3-,4?,5-,6?,7?/m1/s1. The van der Waals surface area contributed by atoms with Gasteiger partial charge in [0.2, 0.25) is 0 Å². The number of methoxy groups -OCH3 is 1. The summed E-state index contributed by atoms with van der Waals surface area (Å²) in [5.74, 6) is 0. The van der Waals surface area contributed by atoms with Gasteiger partial charge in [0.1, 0.15) is 18.3 Å². The van der Waals surface area contributed by atoms with E-state index in [1.807, 2.05) is 0 Å². The predicted molar refractivity (Wildman–Crippen MR) is 47.7 cm³/mol. The number of aliphatic hydroxyl groups excluding tert-OH is 3. The summed E-state index contributed by atoms with van der Waals surface area (Å²) in [6, 6.07) is 0. The van der Waals surface area contributed by atoms with Gasteiger partial charge in [0.15, 0.2) is 6.29 Å². The fourth-order valence-corrected chi connectivity index (χ4v) is 1.38. The second-order valence-corrected chi connectivity index (χ2v) is 3.16. The van der Waals surface area contributed by atoms with Crippen molar-refractivity contribution < 1.29 is 24.8 Å². The molecule has 1 heterocycles. The lowest BCUT2D eigenvalue weighted by Crippen LogP contribution is -2.58. The number of ether oxygens (including phenoxy) is 2. The second kappa shape index (κ2) is 5.26. The maximum Gasteiger partial charge on any atom is 0.186 e. The molecule has 1 rings (SSSR count). The van der Waals surface area contributed by atoms with Gasteiger partial charge < -0.3 is 24.8 Å². The molecule has 0 aromatic heterocycles. The van der Waals surface area contributed by atoms with E-state index >= 15 is 0 Å². The van der Waals surface area contributed by atoms with Crippen LogP contribution < -0.4 is 0 Å². The normalized spacial score (nSPS) is 40.9. The summed E-state index contributed by atoms with van der Waals surface area (Å²) in [5, 5.41) is 31.5. The van der Waals surface area contributed by atoms with Gasteiger partial charge in [-0.15, -0.1) is 0 Å². The van der Waals surface area contributed by atoms with Crippen LogP contribution in [0, 0.1) is 0 Å². The van der Waals surface area contributed by atoms with Gasteiger partial charge in [0.25, 0.3) is 0 Å². The van der Waals surface area contributed by atoms with E-state index < -0.39 is 30.7 Å². The minimum Gasteiger partial charge on any atom is -0.388 e. The highest BCUT2D eigenvalue weighted by Gasteiger charge is 2.43. The summed E-state index contributed by atoms with van der Waals surface area (Å²) in [5.41, 5.74) is 8.10. The third-order valence-corrected chi connectivity index (χ3v) is 2.23. The molecule has 1 saturated heterocycles. The topological polar surface area (TPSA) is 128 Å². The molecule has 0 amide bonds. The number of nitrogens with zero attached hydrogens (tertiary/aromatic N) is 3. The van der Waals surface area contributed by atoms with Gasteiger partial charge in [-0.25, -0.2) is 0 Å². The van der Waals surface area contributed by atoms with E-state index in [9.17, 15) is 15.3 Å². The van der Waals surface area contributed by atoms with E-state index in [2.05, 4.69) is 10.0 Å². The lowest BCUT2D eigenvalue weighted by atomic mass is 9.99. The Hall–Kier alpha value is -0.890. The van der Waals surface area contributed by atoms with Crippen molar-refractivity contribution >= 4 is 0 Å². The number of hydrogen-bond acceptors (Lipinski definition) is 6. The van der Waals surface area contributed by atoms with Gasteiger partial charge in [-0.3, -0.25) is 0 Å². The minimum atomic E-state index is -1.39. The highest BCUT2D eigenvalue weighted by Crippen LogP contribution is 2.21. The molecule has 0 spiro atoms. The Labute approximate surface area is 85.7 Å². The highest BCUT2D eigenvalue weighted by molar-refractivity contribution is 4.89. The summed E-state index contributed by atoms with van der Waals surface area (Å²) in [7, 11) is 1.29. The number of aliphatic hydroxyl groups is 3. The molecule has 0 radical (unpaired) electrons. The van der Waals surface area contributed by atoms with E-state index in [4.69, 9.17) is 15.0 Å². The number of azide groups is 1. The first-order valence-electron chi connectivity index (χ1n) is 4.35. The Morgan fingerprint density at radius 3 is 2.53 bits per heavy atom. The Morgan fingerprint density at radius 1 is 1.33 bits per heavy atom. The van der Waals surface area contributed by atoms with E-state index in [0.29, 0.717) is 0 Å². The molecule has 0 saturated carbocycles. The smallest absolute Gasteiger partial charge is 0.186 e. The van der Waals surface area contributed by atoms with Crippen molar-refractivity contribution in [3.8, 4) is 0 Å². The lowest BCUT2D eigenvalue weighted by molar-refractivity contribution is -0.287. The van der Waals surface area contributed by atoms with Crippen molar-refractivity contribution in [1.82, 2.24) is 0 Å². The quantitative estimate of drug-likeness (QED) is 0.310. The summed E-state index contributed by atoms with van der Waals surface area (Å²) in [4.78, 5) is 2.51. The van der Waals surface area contributed by atoms with Crippen LogP contribution in [0.3, 0.4) is 0 Å². The van der Waals surface area contributed by atoms with Crippen LogP contribution in [-0.2, 0) is 9.47 Å². The van der Waals surface area contributed by atoms with Gasteiger partial charge in [0.05, 0.1) is 12.6 Å². The SMILES string of the molecule is COC1O[C@H](CN=[N+]=[N-])C(O)[C@@H](O)C1O. The molecule has 3 unspecified atom stereocenters. The second-order valence-electron chi connectivity index (χ2n) is 3.16. The van der Waals surface area contributed by atoms with Crippen molar-refractivity contribution in [2.45, 2.75) is 30.7 Å². The lowest BCUT2D eigenvalue weighted by Gasteiger charge is -2.39. The molecule has 1 aliphatic rings. The van der Waals surface area contributed by atoms with E-state index in [1.165, 1.54) is 7.11 Å². The molecule has 1 fully saturated rings. The Balaban J connectivity index is 2.69. The zero-order valence-electron chi connectivity index (χ0n) is 8.09. The average molecular weight is 219 g/mol. The summed E-state index contributed by atoms with van der Waals surface area (Å²) in [6.45, 7) is -0.138. The maximum absolute atomic E-state index is 9.47. The van der Waals surface area contributed by atoms with Crippen molar-refractivity contribution in [1.29, 1.82) is 0 Å². The molecule has 8 nitrogen and oxygen atoms in total. The van der Waals surface area contributed by atoms with E-state index in [-0.39, 0.29) is 6.54 Å². The van der Waals surface area contributed by atoms with Crippen LogP contribution in [0.5, 0.6) is 0 Å². The molecule has 0 aromatic carbocycles. The van der Waals surface area contributed by atoms with Crippen LogP contribution in [0.1, 0.15) is 0 Å². The van der Waals surface area contributed by atoms with Crippen LogP contribution in [0.25, 0.3) is 10.4 Å². The molecule has 8 heteroatoms. The van der Waals surface area contributed by atoms with Gasteiger partial charge in [0, 0.05) is 12.0 Å². The zero-order chi connectivity index (χ0) is 11.4. The van der Waals surface area contributed by atoms with Gasteiger partial charge >= 0.3 is 0 Å². The largest absolute Gasteiger partial charge is 0.388 e. The molecular weight excluding hydrogens is 206 g/mol. The van der Waals surface area contributed by atoms with Crippen molar-refractivity contribution in [2.24, 2.45) is 5.11 Å². The average Bonchev–Trinajstić information content (AvgIpc) is 2.25. The molecule has 0 aromatic rings. The Morgan fingerprint density at radius 2 is 2.00 bits per heavy atom. The molecule has 15 heavy (non-hydrogen) atoms. The van der Waals surface area contributed by atoms with Crippen molar-refractivity contribution in [3.63, 3.8) is 0 Å². The number of rotatable bonds is 3. The van der Waals surface area contributed by atoms with Crippen molar-refractivity contribution in [2.75, 3.05) is 13.7 Å². The first kappa shape index (κ1) is 12.2. The first-order valence-corrected chi connectivity index (χ1v) is 4.35. The van der Waals surface area contributed by atoms with Gasteiger partial charge in [-0.05, 0) is 5.53 Å². The van der Waals surface area contributed by atoms with Crippen molar-refractivity contribution in [3.05, 3.63) is 10.4 Å². The van der Waals surface area contributed by atoms with Crippen LogP contribution in [0.15, 0.2) is 5.11 Å². The third-order valence-electron chi connectivity index (χ3n) is 2.23. The molecule has 5 atom stereocenters. The fraction of sp³-hybridized carbons (Fsp3) is 1.00. The fourth-order valence-electron chi connectivity index (χ4n) is 1.38. The molecular formula is C7H13N3O5. The van der Waals surface area contributed by atoms with Crippen LogP contribution in [0.2, 0.25) is 0 Å². The Kier molecular flexibility index (Phi) is 4.28. The maximum atomic E-state index is 9.47. The monoisotopic (exact) mass is 219 g/mol. The van der Waals surface area contributed by atoms with Gasteiger partial charge in [-0.1, -0.05) is 5.11 Å². The highest BCUT2D eigenvalue weighted by atomic mass is 16.7. The predicted octanol–water partition coefficient (Wildman–Crippen LogP) is -1.25. The van der Waals surface area contributed by atoms with Crippen LogP contribution >= 0.6 is 0 Å². The summed E-state index contributed by atoms with van der Waals surface area (Å²) < 4.78 is 9.84. The first-order chi connectivity index (χ1) is 7.11. The van der Waals surface area contributed by atoms with Crippen LogP contribution in [-0.4, -0.2) is 59.7 Å². The number of hydrogen-bond donors (Lipinski definition) is 3. The molecule has 0 aliphatic carbocycles. The zero-order valence-corrected chi connectivity index (χ0v) is 8.09. The third kappa shape index (κ3) is 2.57. The molecule has 0 bridgehead atoms. The Bertz CT molecular complexity index is 255.